The fraction of sp³-hybridized carbons (Fsp3) is 0.417. The average molecular weight is 304 g/mol. The maximum absolute atomic E-state index is 13.8. The van der Waals surface area contributed by atoms with E-state index in [1.807, 2.05) is 0 Å². The lowest BCUT2D eigenvalue weighted by Crippen LogP contribution is -2.45. The predicted octanol–water partition coefficient (Wildman–Crippen LogP) is 3.04. The van der Waals surface area contributed by atoms with Crippen molar-refractivity contribution in [1.29, 1.82) is 0 Å². The number of rotatable bonds is 3. The standard InChI is InChI=1S/C12H12BrF2NO/c13-7-2-3-8(14)9(10(7)15)11(17)12(6-16)4-1-5-12/h2-3H,1,4-6,16H2. The largest absolute Gasteiger partial charge is 0.329 e. The molecular weight excluding hydrogens is 292 g/mol. The van der Waals surface area contributed by atoms with Gasteiger partial charge in [-0.05, 0) is 40.9 Å². The van der Waals surface area contributed by atoms with E-state index in [2.05, 4.69) is 15.9 Å². The topological polar surface area (TPSA) is 43.1 Å². The fourth-order valence-electron chi connectivity index (χ4n) is 2.13. The van der Waals surface area contributed by atoms with Crippen LogP contribution in [-0.4, -0.2) is 12.3 Å². The van der Waals surface area contributed by atoms with Crippen molar-refractivity contribution in [2.45, 2.75) is 19.3 Å². The predicted molar refractivity (Wildman–Crippen MR) is 63.7 cm³/mol. The molecule has 0 saturated heterocycles. The number of carbonyl (C=O) groups excluding carboxylic acids is 1. The van der Waals surface area contributed by atoms with Crippen molar-refractivity contribution in [1.82, 2.24) is 0 Å². The lowest BCUT2D eigenvalue weighted by atomic mass is 9.64. The first-order valence-electron chi connectivity index (χ1n) is 5.40. The highest BCUT2D eigenvalue weighted by Gasteiger charge is 2.45. The first-order valence-corrected chi connectivity index (χ1v) is 6.19. The van der Waals surface area contributed by atoms with Crippen molar-refractivity contribution >= 4 is 21.7 Å². The number of nitrogens with two attached hydrogens (primary N) is 1. The van der Waals surface area contributed by atoms with Gasteiger partial charge in [0.05, 0.1) is 10.0 Å². The van der Waals surface area contributed by atoms with Gasteiger partial charge in [-0.25, -0.2) is 8.78 Å². The minimum Gasteiger partial charge on any atom is -0.329 e. The molecule has 0 unspecified atom stereocenters. The maximum Gasteiger partial charge on any atom is 0.176 e. The maximum atomic E-state index is 13.8. The SMILES string of the molecule is NCC1(C(=O)c2c(F)ccc(Br)c2F)CCC1. The number of benzene rings is 1. The molecule has 0 spiro atoms. The van der Waals surface area contributed by atoms with Crippen LogP contribution in [0.25, 0.3) is 0 Å². The van der Waals surface area contributed by atoms with Gasteiger partial charge in [0.15, 0.2) is 11.6 Å². The zero-order chi connectivity index (χ0) is 12.6. The van der Waals surface area contributed by atoms with Gasteiger partial charge in [-0.1, -0.05) is 6.42 Å². The number of carbonyl (C=O) groups is 1. The molecule has 2 rings (SSSR count). The van der Waals surface area contributed by atoms with Gasteiger partial charge in [-0.15, -0.1) is 0 Å². The molecule has 0 atom stereocenters. The van der Waals surface area contributed by atoms with Gasteiger partial charge in [0.2, 0.25) is 0 Å². The minimum absolute atomic E-state index is 0.0914. The van der Waals surface area contributed by atoms with Gasteiger partial charge in [-0.3, -0.25) is 4.79 Å². The Bertz CT molecular complexity index is 466. The molecule has 1 aliphatic rings. The van der Waals surface area contributed by atoms with Crippen LogP contribution in [0, 0.1) is 17.0 Å². The fourth-order valence-corrected chi connectivity index (χ4v) is 2.46. The number of hydrogen-bond acceptors (Lipinski definition) is 2. The number of halogens is 3. The summed E-state index contributed by atoms with van der Waals surface area (Å²) in [5, 5.41) is 0. The van der Waals surface area contributed by atoms with E-state index in [4.69, 9.17) is 5.73 Å². The molecule has 2 nitrogen and oxygen atoms in total. The molecule has 0 aliphatic heterocycles. The molecular formula is C12H12BrF2NO. The van der Waals surface area contributed by atoms with Crippen LogP contribution in [0.5, 0.6) is 0 Å². The van der Waals surface area contributed by atoms with E-state index in [0.29, 0.717) is 12.8 Å². The van der Waals surface area contributed by atoms with Crippen molar-refractivity contribution in [3.05, 3.63) is 33.8 Å². The van der Waals surface area contributed by atoms with Crippen molar-refractivity contribution in [3.63, 3.8) is 0 Å². The van der Waals surface area contributed by atoms with Crippen molar-refractivity contribution in [3.8, 4) is 0 Å². The molecule has 92 valence electrons. The Hall–Kier alpha value is -0.810. The molecule has 1 aromatic rings. The Morgan fingerprint density at radius 2 is 2.06 bits per heavy atom. The molecule has 0 radical (unpaired) electrons. The summed E-state index contributed by atoms with van der Waals surface area (Å²) in [6.07, 6.45) is 2.08. The van der Waals surface area contributed by atoms with Crippen LogP contribution in [-0.2, 0) is 0 Å². The summed E-state index contributed by atoms with van der Waals surface area (Å²) in [5.41, 5.74) is 4.34. The minimum atomic E-state index is -0.838. The Morgan fingerprint density at radius 1 is 1.41 bits per heavy atom. The quantitative estimate of drug-likeness (QED) is 0.689. The van der Waals surface area contributed by atoms with E-state index in [9.17, 15) is 13.6 Å². The summed E-state index contributed by atoms with van der Waals surface area (Å²) in [6.45, 7) is 0.136. The Balaban J connectivity index is 2.47. The summed E-state index contributed by atoms with van der Waals surface area (Å²) < 4.78 is 27.5. The molecule has 0 amide bonds. The van der Waals surface area contributed by atoms with Crippen LogP contribution in [0.3, 0.4) is 0 Å². The van der Waals surface area contributed by atoms with E-state index < -0.39 is 28.4 Å². The van der Waals surface area contributed by atoms with Gasteiger partial charge in [0.1, 0.15) is 5.82 Å². The summed E-state index contributed by atoms with van der Waals surface area (Å²) in [4.78, 5) is 12.2. The molecule has 5 heteroatoms. The van der Waals surface area contributed by atoms with E-state index in [0.717, 1.165) is 12.5 Å². The summed E-state index contributed by atoms with van der Waals surface area (Å²) in [5.74, 6) is -2.17. The molecule has 0 heterocycles. The molecule has 0 bridgehead atoms. The Kier molecular flexibility index (Phi) is 3.32. The van der Waals surface area contributed by atoms with E-state index in [1.165, 1.54) is 6.07 Å². The smallest absolute Gasteiger partial charge is 0.176 e. The van der Waals surface area contributed by atoms with E-state index >= 15 is 0 Å². The molecule has 1 fully saturated rings. The van der Waals surface area contributed by atoms with Crippen LogP contribution in [0.15, 0.2) is 16.6 Å². The van der Waals surface area contributed by atoms with Crippen molar-refractivity contribution < 1.29 is 13.6 Å². The van der Waals surface area contributed by atoms with Crippen LogP contribution in [0.1, 0.15) is 29.6 Å². The highest BCUT2D eigenvalue weighted by atomic mass is 79.9. The molecule has 2 N–H and O–H groups in total. The third-order valence-electron chi connectivity index (χ3n) is 3.45. The monoisotopic (exact) mass is 303 g/mol. The molecule has 17 heavy (non-hydrogen) atoms. The first-order chi connectivity index (χ1) is 8.02. The van der Waals surface area contributed by atoms with Crippen LogP contribution < -0.4 is 5.73 Å². The van der Waals surface area contributed by atoms with Crippen LogP contribution in [0.2, 0.25) is 0 Å². The van der Waals surface area contributed by atoms with Crippen LogP contribution >= 0.6 is 15.9 Å². The Labute approximate surface area is 106 Å². The normalized spacial score (nSPS) is 17.6. The molecule has 1 saturated carbocycles. The highest BCUT2D eigenvalue weighted by Crippen LogP contribution is 2.43. The zero-order valence-corrected chi connectivity index (χ0v) is 10.7. The first kappa shape index (κ1) is 12.6. The second-order valence-corrected chi connectivity index (χ2v) is 5.24. The van der Waals surface area contributed by atoms with Crippen molar-refractivity contribution in [2.75, 3.05) is 6.54 Å². The van der Waals surface area contributed by atoms with E-state index in [1.54, 1.807) is 0 Å². The molecule has 0 aromatic heterocycles. The molecule has 1 aromatic carbocycles. The van der Waals surface area contributed by atoms with Gasteiger partial charge < -0.3 is 5.73 Å². The van der Waals surface area contributed by atoms with Crippen molar-refractivity contribution in [2.24, 2.45) is 11.1 Å². The third-order valence-corrected chi connectivity index (χ3v) is 4.07. The number of hydrogen-bond donors (Lipinski definition) is 1. The van der Waals surface area contributed by atoms with Gasteiger partial charge in [0.25, 0.3) is 0 Å². The summed E-state index contributed by atoms with van der Waals surface area (Å²) >= 11 is 2.95. The summed E-state index contributed by atoms with van der Waals surface area (Å²) in [6, 6.07) is 2.33. The average Bonchev–Trinajstić information content (AvgIpc) is 2.23. The van der Waals surface area contributed by atoms with E-state index in [-0.39, 0.29) is 11.0 Å². The van der Waals surface area contributed by atoms with Gasteiger partial charge >= 0.3 is 0 Å². The van der Waals surface area contributed by atoms with Gasteiger partial charge in [-0.2, -0.15) is 0 Å². The second-order valence-electron chi connectivity index (χ2n) is 4.39. The zero-order valence-electron chi connectivity index (χ0n) is 9.10. The number of ketones is 1. The van der Waals surface area contributed by atoms with Gasteiger partial charge in [0, 0.05) is 12.0 Å². The highest BCUT2D eigenvalue weighted by molar-refractivity contribution is 9.10. The Morgan fingerprint density at radius 3 is 2.53 bits per heavy atom. The lowest BCUT2D eigenvalue weighted by Gasteiger charge is -2.39. The number of Topliss-reactive ketones (excluding diaryl/α,β-unsaturated/α-hetero) is 1. The third kappa shape index (κ3) is 1.91. The molecule has 1 aliphatic carbocycles. The van der Waals surface area contributed by atoms with Crippen LogP contribution in [0.4, 0.5) is 8.78 Å². The summed E-state index contributed by atoms with van der Waals surface area (Å²) in [7, 11) is 0. The lowest BCUT2D eigenvalue weighted by molar-refractivity contribution is 0.0626. The second kappa shape index (κ2) is 4.46.